The molecule has 2 aromatic rings. The Morgan fingerprint density at radius 1 is 1.08 bits per heavy atom. The van der Waals surface area contributed by atoms with E-state index in [1.165, 1.54) is 4.90 Å². The molecular weight excluding hydrogens is 324 g/mol. The molecule has 6 heteroatoms. The van der Waals surface area contributed by atoms with Gasteiger partial charge >= 0.3 is 0 Å². The molecule has 1 aliphatic heterocycles. The van der Waals surface area contributed by atoms with Crippen molar-refractivity contribution in [2.45, 2.75) is 0 Å². The van der Waals surface area contributed by atoms with E-state index in [0.29, 0.717) is 10.7 Å². The summed E-state index contributed by atoms with van der Waals surface area (Å²) in [4.78, 5) is 26.2. The topological polar surface area (TPSA) is 58.6 Å². The van der Waals surface area contributed by atoms with Crippen LogP contribution in [0.15, 0.2) is 59.5 Å². The summed E-state index contributed by atoms with van der Waals surface area (Å²) in [5.74, 6) is 0.362. The highest BCUT2D eigenvalue weighted by molar-refractivity contribution is 8.18. The molecular formula is C18H16N2O3S. The minimum atomic E-state index is -0.295. The van der Waals surface area contributed by atoms with E-state index >= 15 is 0 Å². The van der Waals surface area contributed by atoms with Gasteiger partial charge in [-0.1, -0.05) is 42.5 Å². The zero-order valence-corrected chi connectivity index (χ0v) is 13.9. The van der Waals surface area contributed by atoms with E-state index in [0.717, 1.165) is 23.0 Å². The molecule has 0 spiro atoms. The molecule has 0 aliphatic carbocycles. The van der Waals surface area contributed by atoms with Crippen molar-refractivity contribution < 1.29 is 14.3 Å². The highest BCUT2D eigenvalue weighted by Gasteiger charge is 2.34. The maximum atomic E-state index is 12.4. The lowest BCUT2D eigenvalue weighted by Crippen LogP contribution is -2.33. The number of rotatable bonds is 5. The predicted octanol–water partition coefficient (Wildman–Crippen LogP) is 3.80. The van der Waals surface area contributed by atoms with Gasteiger partial charge < -0.3 is 10.1 Å². The lowest BCUT2D eigenvalue weighted by molar-refractivity contribution is -0.122. The summed E-state index contributed by atoms with van der Waals surface area (Å²) in [6, 6.07) is 16.8. The third kappa shape index (κ3) is 3.44. The second-order valence-corrected chi connectivity index (χ2v) is 6.05. The molecule has 3 rings (SSSR count). The molecule has 2 amide bonds. The first-order valence-corrected chi connectivity index (χ1v) is 8.18. The van der Waals surface area contributed by atoms with Crippen LogP contribution in [0.25, 0.3) is 6.08 Å². The fourth-order valence-corrected chi connectivity index (χ4v) is 3.13. The molecule has 0 aromatic heterocycles. The smallest absolute Gasteiger partial charge is 0.295 e. The van der Waals surface area contributed by atoms with Crippen LogP contribution in [0.3, 0.4) is 0 Å². The minimum absolute atomic E-state index is 0.0944. The molecule has 1 saturated heterocycles. The van der Waals surface area contributed by atoms with Gasteiger partial charge in [0.15, 0.2) is 0 Å². The van der Waals surface area contributed by atoms with Crippen LogP contribution in [0.5, 0.6) is 5.75 Å². The van der Waals surface area contributed by atoms with Crippen molar-refractivity contribution in [3.05, 3.63) is 65.1 Å². The third-order valence-corrected chi connectivity index (χ3v) is 4.41. The minimum Gasteiger partial charge on any atom is -0.495 e. The van der Waals surface area contributed by atoms with Gasteiger partial charge in [-0.2, -0.15) is 0 Å². The SMILES string of the molecule is COc1ccccc1NCN1C(=O)S/C(=C/c2ccccc2)C1=O. The number of para-hydroxylation sites is 2. The first kappa shape index (κ1) is 16.1. The Bertz CT molecular complexity index is 790. The number of ether oxygens (including phenoxy) is 1. The van der Waals surface area contributed by atoms with Gasteiger partial charge in [0.2, 0.25) is 0 Å². The number of methoxy groups -OCH3 is 1. The molecule has 1 heterocycles. The number of hydrogen-bond acceptors (Lipinski definition) is 5. The Labute approximate surface area is 144 Å². The molecule has 0 atom stereocenters. The van der Waals surface area contributed by atoms with E-state index in [1.54, 1.807) is 13.2 Å². The van der Waals surface area contributed by atoms with Crippen LogP contribution in [0, 0.1) is 0 Å². The quantitative estimate of drug-likeness (QED) is 0.839. The molecule has 0 saturated carbocycles. The number of nitrogens with zero attached hydrogens (tertiary/aromatic N) is 1. The molecule has 5 nitrogen and oxygen atoms in total. The van der Waals surface area contributed by atoms with Gasteiger partial charge in [-0.05, 0) is 35.5 Å². The Balaban J connectivity index is 1.72. The van der Waals surface area contributed by atoms with Crippen molar-refractivity contribution in [1.82, 2.24) is 4.90 Å². The number of amides is 2. The molecule has 0 bridgehead atoms. The Morgan fingerprint density at radius 2 is 1.79 bits per heavy atom. The first-order chi connectivity index (χ1) is 11.7. The van der Waals surface area contributed by atoms with Crippen molar-refractivity contribution in [3.8, 4) is 5.75 Å². The number of hydrogen-bond donors (Lipinski definition) is 1. The number of nitrogens with one attached hydrogen (secondary N) is 1. The fourth-order valence-electron chi connectivity index (χ4n) is 2.29. The molecule has 122 valence electrons. The second-order valence-electron chi connectivity index (χ2n) is 5.06. The van der Waals surface area contributed by atoms with E-state index in [2.05, 4.69) is 5.32 Å². The highest BCUT2D eigenvalue weighted by atomic mass is 32.2. The second kappa shape index (κ2) is 7.23. The molecule has 1 N–H and O–H groups in total. The Morgan fingerprint density at radius 3 is 2.54 bits per heavy atom. The third-order valence-electron chi connectivity index (χ3n) is 3.51. The van der Waals surface area contributed by atoms with Gasteiger partial charge in [0.05, 0.1) is 24.4 Å². The average Bonchev–Trinajstić information content (AvgIpc) is 2.87. The van der Waals surface area contributed by atoms with Crippen molar-refractivity contribution in [3.63, 3.8) is 0 Å². The molecule has 2 aromatic carbocycles. The maximum absolute atomic E-state index is 12.4. The van der Waals surface area contributed by atoms with E-state index in [4.69, 9.17) is 4.74 Å². The Kier molecular flexibility index (Phi) is 4.86. The summed E-state index contributed by atoms with van der Waals surface area (Å²) in [5, 5.41) is 2.78. The van der Waals surface area contributed by atoms with Crippen molar-refractivity contribution >= 4 is 34.7 Å². The normalized spacial score (nSPS) is 15.9. The summed E-state index contributed by atoms with van der Waals surface area (Å²) in [5.41, 5.74) is 1.62. The van der Waals surface area contributed by atoms with Crippen molar-refractivity contribution in [2.24, 2.45) is 0 Å². The average molecular weight is 340 g/mol. The summed E-state index contributed by atoms with van der Waals surface area (Å²) in [6.45, 7) is 0.0944. The standard InChI is InChI=1S/C18H16N2O3S/c1-23-15-10-6-5-9-14(15)19-12-20-17(21)16(24-18(20)22)11-13-7-3-2-4-8-13/h2-11,19H,12H2,1H3/b16-11+. The molecule has 0 unspecified atom stereocenters. The summed E-state index contributed by atoms with van der Waals surface area (Å²) in [6.07, 6.45) is 1.73. The van der Waals surface area contributed by atoms with Gasteiger partial charge in [0.1, 0.15) is 5.75 Å². The fraction of sp³-hybridized carbons (Fsp3) is 0.111. The van der Waals surface area contributed by atoms with E-state index in [-0.39, 0.29) is 17.8 Å². The van der Waals surface area contributed by atoms with Gasteiger partial charge in [-0.25, -0.2) is 0 Å². The predicted molar refractivity (Wildman–Crippen MR) is 95.7 cm³/mol. The number of carbonyl (C=O) groups excluding carboxylic acids is 2. The maximum Gasteiger partial charge on any atom is 0.295 e. The summed E-state index contributed by atoms with van der Waals surface area (Å²) in [7, 11) is 1.57. The Hall–Kier alpha value is -2.73. The van der Waals surface area contributed by atoms with Gasteiger partial charge in [0, 0.05) is 0 Å². The van der Waals surface area contributed by atoms with Crippen molar-refractivity contribution in [1.29, 1.82) is 0 Å². The van der Waals surface area contributed by atoms with Crippen LogP contribution >= 0.6 is 11.8 Å². The van der Waals surface area contributed by atoms with Crippen molar-refractivity contribution in [2.75, 3.05) is 19.1 Å². The summed E-state index contributed by atoms with van der Waals surface area (Å²) >= 11 is 0.949. The van der Waals surface area contributed by atoms with Crippen LogP contribution in [0.1, 0.15) is 5.56 Å². The number of anilines is 1. The van der Waals surface area contributed by atoms with Crippen LogP contribution in [0.4, 0.5) is 10.5 Å². The number of thioether (sulfide) groups is 1. The molecule has 24 heavy (non-hydrogen) atoms. The summed E-state index contributed by atoms with van der Waals surface area (Å²) < 4.78 is 5.25. The van der Waals surface area contributed by atoms with E-state index in [1.807, 2.05) is 54.6 Å². The monoisotopic (exact) mass is 340 g/mol. The molecule has 1 fully saturated rings. The van der Waals surface area contributed by atoms with Gasteiger partial charge in [-0.15, -0.1) is 0 Å². The van der Waals surface area contributed by atoms with E-state index in [9.17, 15) is 9.59 Å². The van der Waals surface area contributed by atoms with Gasteiger partial charge in [-0.3, -0.25) is 14.5 Å². The lowest BCUT2D eigenvalue weighted by atomic mass is 10.2. The van der Waals surface area contributed by atoms with E-state index < -0.39 is 0 Å². The zero-order valence-electron chi connectivity index (χ0n) is 13.1. The van der Waals surface area contributed by atoms with Crippen LogP contribution < -0.4 is 10.1 Å². The number of benzene rings is 2. The molecule has 1 aliphatic rings. The number of carbonyl (C=O) groups is 2. The largest absolute Gasteiger partial charge is 0.495 e. The highest BCUT2D eigenvalue weighted by Crippen LogP contribution is 2.32. The first-order valence-electron chi connectivity index (χ1n) is 7.36. The van der Waals surface area contributed by atoms with Gasteiger partial charge in [0.25, 0.3) is 11.1 Å². The van der Waals surface area contributed by atoms with Crippen LogP contribution in [0.2, 0.25) is 0 Å². The van der Waals surface area contributed by atoms with Crippen LogP contribution in [-0.2, 0) is 4.79 Å². The lowest BCUT2D eigenvalue weighted by Gasteiger charge is -2.16. The van der Waals surface area contributed by atoms with Crippen LogP contribution in [-0.4, -0.2) is 29.8 Å². The molecule has 0 radical (unpaired) electrons. The zero-order chi connectivity index (χ0) is 16.9. The number of imide groups is 1.